The molecule has 0 aliphatic carbocycles. The highest BCUT2D eigenvalue weighted by Gasteiger charge is 2.28. The molecule has 2 aromatic rings. The van der Waals surface area contributed by atoms with E-state index >= 15 is 0 Å². The maximum atomic E-state index is 13.2. The van der Waals surface area contributed by atoms with Crippen molar-refractivity contribution < 1.29 is 4.74 Å². The van der Waals surface area contributed by atoms with E-state index in [1.165, 1.54) is 0 Å². The number of nitrogens with zero attached hydrogens (tertiary/aromatic N) is 2. The summed E-state index contributed by atoms with van der Waals surface area (Å²) in [5, 5.41) is 1.51. The average Bonchev–Trinajstić information content (AvgIpc) is 2.93. The zero-order chi connectivity index (χ0) is 18.1. The summed E-state index contributed by atoms with van der Waals surface area (Å²) in [6.45, 7) is 15.1. The van der Waals surface area contributed by atoms with Gasteiger partial charge in [0.25, 0.3) is 5.56 Å². The SMILES string of the molecule is C=CCn1c(SCC(=C)C)nc2sc3c(c2c1=O)C[C@H](C(C)C)OC3. The fraction of sp³-hybridized carbons (Fsp3) is 0.474. The van der Waals surface area contributed by atoms with Crippen molar-refractivity contribution in [1.82, 2.24) is 9.55 Å². The molecule has 0 saturated carbocycles. The first kappa shape index (κ1) is 18.4. The number of hydrogen-bond acceptors (Lipinski definition) is 5. The van der Waals surface area contributed by atoms with E-state index in [4.69, 9.17) is 9.72 Å². The summed E-state index contributed by atoms with van der Waals surface area (Å²) < 4.78 is 7.69. The van der Waals surface area contributed by atoms with Crippen LogP contribution in [0.3, 0.4) is 0 Å². The molecule has 0 fully saturated rings. The molecule has 0 amide bonds. The molecule has 134 valence electrons. The van der Waals surface area contributed by atoms with Gasteiger partial charge in [0, 0.05) is 23.6 Å². The van der Waals surface area contributed by atoms with E-state index in [-0.39, 0.29) is 11.7 Å². The number of fused-ring (bicyclic) bond motifs is 3. The summed E-state index contributed by atoms with van der Waals surface area (Å²) in [5.74, 6) is 1.18. The second-order valence-electron chi connectivity index (χ2n) is 6.83. The van der Waals surface area contributed by atoms with Gasteiger partial charge >= 0.3 is 0 Å². The van der Waals surface area contributed by atoms with Crippen molar-refractivity contribution in [3.05, 3.63) is 45.6 Å². The predicted molar refractivity (Wildman–Crippen MR) is 107 cm³/mol. The molecule has 25 heavy (non-hydrogen) atoms. The van der Waals surface area contributed by atoms with Crippen LogP contribution in [-0.4, -0.2) is 21.4 Å². The molecule has 3 rings (SSSR count). The van der Waals surface area contributed by atoms with Crippen LogP contribution in [0.4, 0.5) is 0 Å². The molecule has 0 saturated heterocycles. The second-order valence-corrected chi connectivity index (χ2v) is 8.85. The lowest BCUT2D eigenvalue weighted by atomic mass is 9.96. The van der Waals surface area contributed by atoms with Crippen molar-refractivity contribution in [1.29, 1.82) is 0 Å². The third-order valence-corrected chi connectivity index (χ3v) is 6.60. The Morgan fingerprint density at radius 3 is 2.96 bits per heavy atom. The van der Waals surface area contributed by atoms with E-state index in [2.05, 4.69) is 27.0 Å². The van der Waals surface area contributed by atoms with Gasteiger partial charge in [-0.25, -0.2) is 4.98 Å². The maximum absolute atomic E-state index is 13.2. The van der Waals surface area contributed by atoms with Gasteiger partial charge in [0.2, 0.25) is 0 Å². The molecular weight excluding hydrogens is 352 g/mol. The Bertz CT molecular complexity index is 880. The molecule has 0 bridgehead atoms. The molecule has 0 unspecified atom stereocenters. The van der Waals surface area contributed by atoms with Crippen molar-refractivity contribution in [2.45, 2.75) is 51.6 Å². The molecule has 1 aliphatic heterocycles. The molecule has 1 aliphatic rings. The van der Waals surface area contributed by atoms with Gasteiger partial charge in [0.15, 0.2) is 5.16 Å². The Kier molecular flexibility index (Phi) is 5.51. The van der Waals surface area contributed by atoms with Crippen molar-refractivity contribution in [3.8, 4) is 0 Å². The van der Waals surface area contributed by atoms with Gasteiger partial charge in [-0.15, -0.1) is 17.9 Å². The van der Waals surface area contributed by atoms with E-state index in [0.29, 0.717) is 19.1 Å². The summed E-state index contributed by atoms with van der Waals surface area (Å²) in [4.78, 5) is 20.0. The van der Waals surface area contributed by atoms with Crippen LogP contribution in [0.2, 0.25) is 0 Å². The van der Waals surface area contributed by atoms with Crippen molar-refractivity contribution in [3.63, 3.8) is 0 Å². The molecule has 1 atom stereocenters. The van der Waals surface area contributed by atoms with Crippen LogP contribution in [-0.2, 0) is 24.3 Å². The number of ether oxygens (including phenoxy) is 1. The van der Waals surface area contributed by atoms with Crippen molar-refractivity contribution in [2.24, 2.45) is 5.92 Å². The third-order valence-electron chi connectivity index (χ3n) is 4.30. The molecule has 4 nitrogen and oxygen atoms in total. The van der Waals surface area contributed by atoms with E-state index < -0.39 is 0 Å². The van der Waals surface area contributed by atoms with Crippen LogP contribution >= 0.6 is 23.1 Å². The van der Waals surface area contributed by atoms with Crippen LogP contribution in [0.1, 0.15) is 31.2 Å². The number of thiophene rings is 1. The van der Waals surface area contributed by atoms with Gasteiger partial charge in [0.05, 0.1) is 18.1 Å². The molecule has 0 radical (unpaired) electrons. The van der Waals surface area contributed by atoms with Gasteiger partial charge in [-0.3, -0.25) is 9.36 Å². The first-order valence-corrected chi connectivity index (χ1v) is 10.3. The zero-order valence-corrected chi connectivity index (χ0v) is 16.6. The highest BCUT2D eigenvalue weighted by Crippen LogP contribution is 2.35. The topological polar surface area (TPSA) is 44.1 Å². The fourth-order valence-electron chi connectivity index (χ4n) is 2.96. The average molecular weight is 377 g/mol. The minimum Gasteiger partial charge on any atom is -0.372 e. The first-order chi connectivity index (χ1) is 11.9. The number of hydrogen-bond donors (Lipinski definition) is 0. The Morgan fingerprint density at radius 1 is 1.56 bits per heavy atom. The number of thioether (sulfide) groups is 1. The van der Waals surface area contributed by atoms with Gasteiger partial charge in [-0.1, -0.05) is 43.8 Å². The third kappa shape index (κ3) is 3.61. The van der Waals surface area contributed by atoms with Crippen LogP contribution in [0.5, 0.6) is 0 Å². The quantitative estimate of drug-likeness (QED) is 0.425. The minimum atomic E-state index is 0.0380. The molecule has 0 spiro atoms. The Morgan fingerprint density at radius 2 is 2.32 bits per heavy atom. The smallest absolute Gasteiger partial charge is 0.263 e. The summed E-state index contributed by atoms with van der Waals surface area (Å²) in [7, 11) is 0. The Hall–Kier alpha value is -1.37. The zero-order valence-electron chi connectivity index (χ0n) is 15.0. The van der Waals surface area contributed by atoms with Crippen molar-refractivity contribution in [2.75, 3.05) is 5.75 Å². The van der Waals surface area contributed by atoms with Gasteiger partial charge in [0.1, 0.15) is 4.83 Å². The van der Waals surface area contributed by atoms with Crippen molar-refractivity contribution >= 4 is 33.3 Å². The largest absolute Gasteiger partial charge is 0.372 e. The van der Waals surface area contributed by atoms with Crippen LogP contribution in [0.25, 0.3) is 10.2 Å². The summed E-state index contributed by atoms with van der Waals surface area (Å²) in [6, 6.07) is 0. The molecule has 6 heteroatoms. The summed E-state index contributed by atoms with van der Waals surface area (Å²) >= 11 is 3.15. The first-order valence-electron chi connectivity index (χ1n) is 8.47. The lowest BCUT2D eigenvalue weighted by Gasteiger charge is -2.26. The fourth-order valence-corrected chi connectivity index (χ4v) is 4.97. The lowest BCUT2D eigenvalue weighted by Crippen LogP contribution is -2.28. The highest BCUT2D eigenvalue weighted by atomic mass is 32.2. The van der Waals surface area contributed by atoms with Gasteiger partial charge < -0.3 is 4.74 Å². The van der Waals surface area contributed by atoms with E-state index in [0.717, 1.165) is 43.6 Å². The maximum Gasteiger partial charge on any atom is 0.263 e. The lowest BCUT2D eigenvalue weighted by molar-refractivity contribution is 0.00200. The molecule has 3 heterocycles. The molecule has 0 N–H and O–H groups in total. The Labute approximate surface area is 156 Å². The second kappa shape index (κ2) is 7.48. The van der Waals surface area contributed by atoms with Crippen LogP contribution < -0.4 is 5.56 Å². The van der Waals surface area contributed by atoms with E-state index in [1.54, 1.807) is 33.7 Å². The minimum absolute atomic E-state index is 0.0380. The standard InChI is InChI=1S/C19H24N2O2S2/c1-6-7-21-18(22)16-13-8-14(12(4)5)23-9-15(13)25-17(16)20-19(21)24-10-11(2)3/h6,12,14H,1-2,7-10H2,3-5H3/t14-/m1/s1. The molecule has 2 aromatic heterocycles. The number of aromatic nitrogens is 2. The summed E-state index contributed by atoms with van der Waals surface area (Å²) in [5.41, 5.74) is 2.23. The van der Waals surface area contributed by atoms with Gasteiger partial charge in [-0.2, -0.15) is 0 Å². The van der Waals surface area contributed by atoms with Crippen LogP contribution in [0.15, 0.2) is 34.8 Å². The molecular formula is C19H24N2O2S2. The number of rotatable bonds is 6. The Balaban J connectivity index is 2.13. The predicted octanol–water partition coefficient (Wildman–Crippen LogP) is 4.41. The monoisotopic (exact) mass is 376 g/mol. The van der Waals surface area contributed by atoms with Gasteiger partial charge in [-0.05, 0) is 18.4 Å². The normalized spacial score (nSPS) is 17.0. The summed E-state index contributed by atoms with van der Waals surface area (Å²) in [6.07, 6.45) is 2.70. The van der Waals surface area contributed by atoms with E-state index in [9.17, 15) is 4.79 Å². The van der Waals surface area contributed by atoms with Crippen LogP contribution in [0, 0.1) is 5.92 Å². The highest BCUT2D eigenvalue weighted by molar-refractivity contribution is 7.99. The number of allylic oxidation sites excluding steroid dienone is 1. The molecule has 0 aromatic carbocycles. The van der Waals surface area contributed by atoms with E-state index in [1.807, 2.05) is 6.92 Å².